The topological polar surface area (TPSA) is 49.4 Å². The van der Waals surface area contributed by atoms with Gasteiger partial charge in [-0.3, -0.25) is 9.59 Å². The summed E-state index contributed by atoms with van der Waals surface area (Å²) in [5, 5.41) is 2.98. The first kappa shape index (κ1) is 17.2. The van der Waals surface area contributed by atoms with Crippen LogP contribution < -0.4 is 5.32 Å². The molecule has 4 heteroatoms. The first-order valence-electron chi connectivity index (χ1n) is 8.72. The Kier molecular flexibility index (Phi) is 5.17. The van der Waals surface area contributed by atoms with E-state index in [0.717, 1.165) is 17.5 Å². The molecule has 0 bridgehead atoms. The van der Waals surface area contributed by atoms with Crippen LogP contribution in [-0.2, 0) is 22.6 Å². The molecule has 1 atom stereocenters. The summed E-state index contributed by atoms with van der Waals surface area (Å²) in [4.78, 5) is 26.3. The van der Waals surface area contributed by atoms with Gasteiger partial charge in [0.05, 0.1) is 12.5 Å². The van der Waals surface area contributed by atoms with Gasteiger partial charge in [0.15, 0.2) is 0 Å². The zero-order valence-corrected chi connectivity index (χ0v) is 14.8. The third-order valence-electron chi connectivity index (χ3n) is 4.81. The van der Waals surface area contributed by atoms with Crippen molar-refractivity contribution in [3.8, 4) is 0 Å². The molecule has 2 amide bonds. The lowest BCUT2D eigenvalue weighted by Crippen LogP contribution is -2.41. The van der Waals surface area contributed by atoms with E-state index >= 15 is 0 Å². The fourth-order valence-electron chi connectivity index (χ4n) is 3.40. The predicted octanol–water partition coefficient (Wildman–Crippen LogP) is 3.15. The predicted molar refractivity (Wildman–Crippen MR) is 97.9 cm³/mol. The van der Waals surface area contributed by atoms with Crippen LogP contribution in [0.2, 0.25) is 0 Å². The van der Waals surface area contributed by atoms with E-state index in [-0.39, 0.29) is 17.9 Å². The number of benzene rings is 2. The minimum atomic E-state index is -0.180. The van der Waals surface area contributed by atoms with Crippen LogP contribution in [-0.4, -0.2) is 23.3 Å². The second-order valence-corrected chi connectivity index (χ2v) is 6.64. The van der Waals surface area contributed by atoms with Crippen molar-refractivity contribution in [2.75, 3.05) is 6.54 Å². The molecule has 1 N–H and O–H groups in total. The Balaban J connectivity index is 1.69. The molecule has 4 nitrogen and oxygen atoms in total. The van der Waals surface area contributed by atoms with E-state index in [0.29, 0.717) is 19.5 Å². The SMILES string of the molecule is CC(=O)N1CCc2ccccc2C1CC(=O)NCc1ccc(C)cc1. The lowest BCUT2D eigenvalue weighted by Gasteiger charge is -2.36. The summed E-state index contributed by atoms with van der Waals surface area (Å²) >= 11 is 0. The molecule has 130 valence electrons. The van der Waals surface area contributed by atoms with Gasteiger partial charge >= 0.3 is 0 Å². The van der Waals surface area contributed by atoms with Crippen LogP contribution in [0.1, 0.15) is 41.6 Å². The van der Waals surface area contributed by atoms with Crippen LogP contribution >= 0.6 is 0 Å². The summed E-state index contributed by atoms with van der Waals surface area (Å²) < 4.78 is 0. The average molecular weight is 336 g/mol. The van der Waals surface area contributed by atoms with Gasteiger partial charge in [0.1, 0.15) is 0 Å². The van der Waals surface area contributed by atoms with Crippen LogP contribution in [0.15, 0.2) is 48.5 Å². The number of amides is 2. The first-order chi connectivity index (χ1) is 12.0. The maximum Gasteiger partial charge on any atom is 0.222 e. The number of nitrogens with zero attached hydrogens (tertiary/aromatic N) is 1. The van der Waals surface area contributed by atoms with Crippen molar-refractivity contribution in [1.29, 1.82) is 0 Å². The van der Waals surface area contributed by atoms with Gasteiger partial charge in [-0.05, 0) is 30.0 Å². The molecule has 1 unspecified atom stereocenters. The van der Waals surface area contributed by atoms with Gasteiger partial charge in [0.25, 0.3) is 0 Å². The smallest absolute Gasteiger partial charge is 0.222 e. The highest BCUT2D eigenvalue weighted by Gasteiger charge is 2.30. The van der Waals surface area contributed by atoms with Crippen molar-refractivity contribution < 1.29 is 9.59 Å². The summed E-state index contributed by atoms with van der Waals surface area (Å²) in [6, 6.07) is 16.0. The lowest BCUT2D eigenvalue weighted by molar-refractivity contribution is -0.133. The van der Waals surface area contributed by atoms with Gasteiger partial charge in [-0.15, -0.1) is 0 Å². The molecule has 1 heterocycles. The third kappa shape index (κ3) is 4.08. The molecule has 1 aliphatic rings. The minimum absolute atomic E-state index is 0.0193. The van der Waals surface area contributed by atoms with E-state index in [9.17, 15) is 9.59 Å². The summed E-state index contributed by atoms with van der Waals surface area (Å²) in [5.74, 6) is -0.0145. The number of hydrogen-bond donors (Lipinski definition) is 1. The Morgan fingerprint density at radius 3 is 2.56 bits per heavy atom. The molecule has 0 aliphatic carbocycles. The number of aryl methyl sites for hydroxylation is 1. The van der Waals surface area contributed by atoms with Crippen LogP contribution in [0, 0.1) is 6.92 Å². The molecule has 0 fully saturated rings. The van der Waals surface area contributed by atoms with Crippen molar-refractivity contribution in [1.82, 2.24) is 10.2 Å². The molecule has 2 aromatic carbocycles. The maximum atomic E-state index is 12.5. The number of hydrogen-bond acceptors (Lipinski definition) is 2. The molecule has 0 saturated carbocycles. The molecule has 0 spiro atoms. The van der Waals surface area contributed by atoms with E-state index in [4.69, 9.17) is 0 Å². The Morgan fingerprint density at radius 1 is 1.12 bits per heavy atom. The van der Waals surface area contributed by atoms with Gasteiger partial charge < -0.3 is 10.2 Å². The number of carbonyl (C=O) groups excluding carboxylic acids is 2. The molecular formula is C21H24N2O2. The monoisotopic (exact) mass is 336 g/mol. The quantitative estimate of drug-likeness (QED) is 0.932. The number of rotatable bonds is 4. The van der Waals surface area contributed by atoms with E-state index < -0.39 is 0 Å². The zero-order valence-electron chi connectivity index (χ0n) is 14.8. The van der Waals surface area contributed by atoms with Crippen molar-refractivity contribution >= 4 is 11.8 Å². The third-order valence-corrected chi connectivity index (χ3v) is 4.81. The average Bonchev–Trinajstić information content (AvgIpc) is 2.61. The molecule has 0 aromatic heterocycles. The zero-order chi connectivity index (χ0) is 17.8. The Labute approximate surface area is 148 Å². The maximum absolute atomic E-state index is 12.5. The number of carbonyl (C=O) groups is 2. The largest absolute Gasteiger partial charge is 0.352 e. The highest BCUT2D eigenvalue weighted by atomic mass is 16.2. The molecule has 0 saturated heterocycles. The van der Waals surface area contributed by atoms with Gasteiger partial charge in [-0.25, -0.2) is 0 Å². The standard InChI is InChI=1S/C21H24N2O2/c1-15-7-9-17(10-8-15)14-22-21(25)13-20-19-6-4-3-5-18(19)11-12-23(20)16(2)24/h3-10,20H,11-14H2,1-2H3,(H,22,25). The van der Waals surface area contributed by atoms with Crippen molar-refractivity contribution in [3.05, 3.63) is 70.8 Å². The van der Waals surface area contributed by atoms with E-state index in [1.165, 1.54) is 11.1 Å². The number of fused-ring (bicyclic) bond motifs is 1. The van der Waals surface area contributed by atoms with Crippen molar-refractivity contribution in [2.24, 2.45) is 0 Å². The van der Waals surface area contributed by atoms with E-state index in [1.807, 2.05) is 54.3 Å². The highest BCUT2D eigenvalue weighted by Crippen LogP contribution is 2.32. The van der Waals surface area contributed by atoms with Gasteiger partial charge in [-0.1, -0.05) is 54.1 Å². The van der Waals surface area contributed by atoms with Gasteiger partial charge in [0.2, 0.25) is 11.8 Å². The first-order valence-corrected chi connectivity index (χ1v) is 8.72. The Bertz CT molecular complexity index is 768. The molecule has 3 rings (SSSR count). The van der Waals surface area contributed by atoms with Crippen molar-refractivity contribution in [3.63, 3.8) is 0 Å². The molecule has 1 aliphatic heterocycles. The second-order valence-electron chi connectivity index (χ2n) is 6.64. The normalized spacial score (nSPS) is 16.2. The van der Waals surface area contributed by atoms with Gasteiger partial charge in [-0.2, -0.15) is 0 Å². The number of nitrogens with one attached hydrogen (secondary N) is 1. The van der Waals surface area contributed by atoms with Crippen LogP contribution in [0.4, 0.5) is 0 Å². The fraction of sp³-hybridized carbons (Fsp3) is 0.333. The Morgan fingerprint density at radius 2 is 1.84 bits per heavy atom. The summed E-state index contributed by atoms with van der Waals surface area (Å²) in [6.45, 7) is 4.79. The molecule has 2 aromatic rings. The minimum Gasteiger partial charge on any atom is -0.352 e. The molecule has 25 heavy (non-hydrogen) atoms. The summed E-state index contributed by atoms with van der Waals surface area (Å²) in [6.07, 6.45) is 1.14. The van der Waals surface area contributed by atoms with E-state index in [1.54, 1.807) is 6.92 Å². The Hall–Kier alpha value is -2.62. The summed E-state index contributed by atoms with van der Waals surface area (Å²) in [5.41, 5.74) is 4.60. The van der Waals surface area contributed by atoms with Crippen LogP contribution in [0.3, 0.4) is 0 Å². The fourth-order valence-corrected chi connectivity index (χ4v) is 3.40. The second kappa shape index (κ2) is 7.51. The van der Waals surface area contributed by atoms with Gasteiger partial charge in [0, 0.05) is 20.0 Å². The lowest BCUT2D eigenvalue weighted by atomic mass is 9.90. The van der Waals surface area contributed by atoms with E-state index in [2.05, 4.69) is 11.4 Å². The van der Waals surface area contributed by atoms with Crippen molar-refractivity contribution in [2.45, 2.75) is 39.3 Å². The molecule has 0 radical (unpaired) electrons. The van der Waals surface area contributed by atoms with Crippen LogP contribution in [0.5, 0.6) is 0 Å². The molecular weight excluding hydrogens is 312 g/mol. The highest BCUT2D eigenvalue weighted by molar-refractivity contribution is 5.79. The van der Waals surface area contributed by atoms with Crippen LogP contribution in [0.25, 0.3) is 0 Å². The summed E-state index contributed by atoms with van der Waals surface area (Å²) in [7, 11) is 0.